The van der Waals surface area contributed by atoms with Crippen LogP contribution in [0.15, 0.2) is 188 Å². The van der Waals surface area contributed by atoms with Crippen molar-refractivity contribution in [2.24, 2.45) is 0 Å². The third-order valence-electron chi connectivity index (χ3n) is 9.92. The zero-order valence-corrected chi connectivity index (χ0v) is 29.5. The van der Waals surface area contributed by atoms with Crippen molar-refractivity contribution in [1.82, 2.24) is 15.0 Å². The summed E-state index contributed by atoms with van der Waals surface area (Å²) < 4.78 is 2.55. The SMILES string of the molecule is c1ccc(-c2cc(-c3cccc(-c4nc(-c5ccccc5)nc(-c5cccc6ccccc56)n4)c3)c3sc4c(-c5ccccc5)cccc4c3c2)cc1. The van der Waals surface area contributed by atoms with Gasteiger partial charge in [-0.1, -0.05) is 170 Å². The summed E-state index contributed by atoms with van der Waals surface area (Å²) in [6.45, 7) is 0. The van der Waals surface area contributed by atoms with E-state index in [4.69, 9.17) is 15.0 Å². The summed E-state index contributed by atoms with van der Waals surface area (Å²) in [4.78, 5) is 15.3. The first-order valence-electron chi connectivity index (χ1n) is 17.8. The molecule has 0 N–H and O–H groups in total. The third kappa shape index (κ3) is 5.66. The minimum Gasteiger partial charge on any atom is -0.208 e. The second-order valence-electron chi connectivity index (χ2n) is 13.2. The standard InChI is InChI=1S/C49H31N3S/c1-4-15-32(16-5-1)38-30-43(46-44(31-38)41-27-14-26-40(45(41)53-46)34-17-6-2-7-18-34)36-23-12-24-37(29-36)48-50-47(35-20-8-3-9-21-35)51-49(52-48)42-28-13-22-33-19-10-11-25-39(33)42/h1-31H. The van der Waals surface area contributed by atoms with Gasteiger partial charge in [-0.2, -0.15) is 0 Å². The molecule has 0 amide bonds. The van der Waals surface area contributed by atoms with Gasteiger partial charge in [-0.25, -0.2) is 15.0 Å². The van der Waals surface area contributed by atoms with E-state index in [0.717, 1.165) is 33.0 Å². The van der Waals surface area contributed by atoms with Crippen molar-refractivity contribution in [2.75, 3.05) is 0 Å². The van der Waals surface area contributed by atoms with E-state index in [1.165, 1.54) is 48.0 Å². The molecule has 0 saturated heterocycles. The highest BCUT2D eigenvalue weighted by Gasteiger charge is 2.18. The van der Waals surface area contributed by atoms with E-state index in [2.05, 4.69) is 170 Å². The van der Waals surface area contributed by atoms with Crippen molar-refractivity contribution >= 4 is 42.3 Å². The number of hydrogen-bond donors (Lipinski definition) is 0. The van der Waals surface area contributed by atoms with E-state index in [9.17, 15) is 0 Å². The number of nitrogens with zero attached hydrogens (tertiary/aromatic N) is 3. The molecule has 53 heavy (non-hydrogen) atoms. The quantitative estimate of drug-likeness (QED) is 0.174. The Morgan fingerprint density at radius 3 is 1.60 bits per heavy atom. The van der Waals surface area contributed by atoms with Crippen LogP contribution in [0.3, 0.4) is 0 Å². The van der Waals surface area contributed by atoms with Crippen molar-refractivity contribution in [3.63, 3.8) is 0 Å². The summed E-state index contributed by atoms with van der Waals surface area (Å²) in [5.74, 6) is 1.94. The van der Waals surface area contributed by atoms with Crippen molar-refractivity contribution in [1.29, 1.82) is 0 Å². The van der Waals surface area contributed by atoms with Crippen molar-refractivity contribution in [3.05, 3.63) is 188 Å². The second-order valence-corrected chi connectivity index (χ2v) is 14.2. The first kappa shape index (κ1) is 31.0. The summed E-state index contributed by atoms with van der Waals surface area (Å²) in [7, 11) is 0. The smallest absolute Gasteiger partial charge is 0.164 e. The molecule has 2 heterocycles. The maximum Gasteiger partial charge on any atom is 0.164 e. The zero-order chi connectivity index (χ0) is 35.1. The summed E-state index contributed by atoms with van der Waals surface area (Å²) >= 11 is 1.87. The fraction of sp³-hybridized carbons (Fsp3) is 0. The van der Waals surface area contributed by atoms with Gasteiger partial charge in [-0.05, 0) is 56.8 Å². The lowest BCUT2D eigenvalue weighted by molar-refractivity contribution is 1.08. The van der Waals surface area contributed by atoms with Gasteiger partial charge in [0.05, 0.1) is 0 Å². The molecule has 0 fully saturated rings. The Morgan fingerprint density at radius 1 is 0.283 bits per heavy atom. The highest BCUT2D eigenvalue weighted by atomic mass is 32.1. The van der Waals surface area contributed by atoms with Gasteiger partial charge in [0.15, 0.2) is 17.5 Å². The average Bonchev–Trinajstić information content (AvgIpc) is 3.63. The molecule has 0 spiro atoms. The van der Waals surface area contributed by atoms with E-state index >= 15 is 0 Å². The number of rotatable bonds is 6. The molecular formula is C49H31N3S. The Balaban J connectivity index is 1.19. The molecular weight excluding hydrogens is 663 g/mol. The van der Waals surface area contributed by atoms with Crippen LogP contribution in [0.5, 0.6) is 0 Å². The molecule has 2 aromatic heterocycles. The van der Waals surface area contributed by atoms with Gasteiger partial charge >= 0.3 is 0 Å². The monoisotopic (exact) mass is 693 g/mol. The van der Waals surface area contributed by atoms with Crippen molar-refractivity contribution in [2.45, 2.75) is 0 Å². The Hall–Kier alpha value is -6.75. The molecule has 248 valence electrons. The van der Waals surface area contributed by atoms with E-state index in [0.29, 0.717) is 17.5 Å². The van der Waals surface area contributed by atoms with Crippen LogP contribution in [-0.2, 0) is 0 Å². The van der Waals surface area contributed by atoms with Crippen LogP contribution in [0, 0.1) is 0 Å². The first-order chi connectivity index (χ1) is 26.3. The van der Waals surface area contributed by atoms with E-state index in [1.54, 1.807) is 0 Å². The molecule has 0 atom stereocenters. The van der Waals surface area contributed by atoms with Gasteiger partial charge in [-0.15, -0.1) is 11.3 Å². The Kier molecular flexibility index (Phi) is 7.67. The molecule has 0 bridgehead atoms. The lowest BCUT2D eigenvalue weighted by Crippen LogP contribution is -2.00. The van der Waals surface area contributed by atoms with E-state index < -0.39 is 0 Å². The van der Waals surface area contributed by atoms with Gasteiger partial charge in [0.25, 0.3) is 0 Å². The molecule has 0 unspecified atom stereocenters. The van der Waals surface area contributed by atoms with Gasteiger partial charge in [0, 0.05) is 42.4 Å². The summed E-state index contributed by atoms with van der Waals surface area (Å²) in [6.07, 6.45) is 0. The molecule has 0 radical (unpaired) electrons. The predicted octanol–water partition coefficient (Wildman–Crippen LogP) is 13.4. The van der Waals surface area contributed by atoms with Gasteiger partial charge in [-0.3, -0.25) is 0 Å². The maximum atomic E-state index is 5.17. The van der Waals surface area contributed by atoms with Crippen LogP contribution in [-0.4, -0.2) is 15.0 Å². The average molecular weight is 694 g/mol. The van der Waals surface area contributed by atoms with E-state index in [1.807, 2.05) is 29.5 Å². The summed E-state index contributed by atoms with van der Waals surface area (Å²) in [5, 5.41) is 4.79. The number of benzene rings is 8. The number of thiophene rings is 1. The lowest BCUT2D eigenvalue weighted by Gasteiger charge is -2.12. The lowest BCUT2D eigenvalue weighted by atomic mass is 9.94. The topological polar surface area (TPSA) is 38.7 Å². The van der Waals surface area contributed by atoms with Gasteiger partial charge in [0.2, 0.25) is 0 Å². The summed E-state index contributed by atoms with van der Waals surface area (Å²) in [5.41, 5.74) is 10.0. The fourth-order valence-electron chi connectivity index (χ4n) is 7.34. The molecule has 3 nitrogen and oxygen atoms in total. The van der Waals surface area contributed by atoms with Crippen LogP contribution in [0.4, 0.5) is 0 Å². The molecule has 0 aliphatic rings. The third-order valence-corrected chi connectivity index (χ3v) is 11.2. The molecule has 10 aromatic rings. The van der Waals surface area contributed by atoms with Crippen LogP contribution in [0.2, 0.25) is 0 Å². The molecule has 0 aliphatic heterocycles. The highest BCUT2D eigenvalue weighted by Crippen LogP contribution is 2.46. The molecule has 10 rings (SSSR count). The summed E-state index contributed by atoms with van der Waals surface area (Å²) in [6, 6.07) is 66.3. The van der Waals surface area contributed by atoms with Crippen LogP contribution < -0.4 is 0 Å². The van der Waals surface area contributed by atoms with Gasteiger partial charge < -0.3 is 0 Å². The Bertz CT molecular complexity index is 2930. The minimum atomic E-state index is 0.641. The van der Waals surface area contributed by atoms with Crippen LogP contribution >= 0.6 is 11.3 Å². The second kappa shape index (κ2) is 13.1. The Morgan fingerprint density at radius 2 is 0.811 bits per heavy atom. The molecule has 4 heteroatoms. The number of fused-ring (bicyclic) bond motifs is 4. The first-order valence-corrected chi connectivity index (χ1v) is 18.6. The normalized spacial score (nSPS) is 11.4. The van der Waals surface area contributed by atoms with Crippen LogP contribution in [0.25, 0.3) is 98.5 Å². The molecule has 0 aliphatic carbocycles. The highest BCUT2D eigenvalue weighted by molar-refractivity contribution is 7.26. The number of aromatic nitrogens is 3. The van der Waals surface area contributed by atoms with Crippen LogP contribution in [0.1, 0.15) is 0 Å². The largest absolute Gasteiger partial charge is 0.208 e. The number of hydrogen-bond acceptors (Lipinski definition) is 4. The predicted molar refractivity (Wildman–Crippen MR) is 223 cm³/mol. The van der Waals surface area contributed by atoms with Gasteiger partial charge in [0.1, 0.15) is 0 Å². The van der Waals surface area contributed by atoms with Crippen molar-refractivity contribution < 1.29 is 0 Å². The molecule has 0 saturated carbocycles. The minimum absolute atomic E-state index is 0.641. The maximum absolute atomic E-state index is 5.17. The van der Waals surface area contributed by atoms with Crippen molar-refractivity contribution in [3.8, 4) is 67.5 Å². The zero-order valence-electron chi connectivity index (χ0n) is 28.6. The molecule has 8 aromatic carbocycles. The van der Waals surface area contributed by atoms with E-state index in [-0.39, 0.29) is 0 Å². The fourth-order valence-corrected chi connectivity index (χ4v) is 8.70. The Labute approximate surface area is 311 Å².